The molecule has 3 N–H and O–H groups in total. The fourth-order valence-corrected chi connectivity index (χ4v) is 2.89. The maximum absolute atomic E-state index is 12.5. The van der Waals surface area contributed by atoms with Crippen LogP contribution in [-0.2, 0) is 0 Å². The minimum Gasteiger partial charge on any atom is -0.346 e. The van der Waals surface area contributed by atoms with Crippen molar-refractivity contribution in [1.29, 1.82) is 0 Å². The second kappa shape index (κ2) is 9.06. The lowest BCUT2D eigenvalue weighted by atomic mass is 10.1. The number of carbonyl (C=O) groups is 2. The van der Waals surface area contributed by atoms with Crippen molar-refractivity contribution in [3.8, 4) is 0 Å². The standard InChI is InChI=1S/C22H20ClN3O2/c1-15(16-7-3-2-4-8-16)24-21(27)17-9-5-11-19(13-17)25-22(28)26-20-12-6-10-18(23)14-20/h2-15H,1H3,(H,24,27)(H2,25,26,28). The van der Waals surface area contributed by atoms with E-state index in [4.69, 9.17) is 11.6 Å². The van der Waals surface area contributed by atoms with Crippen LogP contribution in [0.3, 0.4) is 0 Å². The Balaban J connectivity index is 1.63. The molecule has 0 fully saturated rings. The topological polar surface area (TPSA) is 70.2 Å². The van der Waals surface area contributed by atoms with Crippen molar-refractivity contribution < 1.29 is 9.59 Å². The first-order valence-corrected chi connectivity index (χ1v) is 9.18. The van der Waals surface area contributed by atoms with Crippen molar-refractivity contribution in [2.45, 2.75) is 13.0 Å². The summed E-state index contributed by atoms with van der Waals surface area (Å²) in [4.78, 5) is 24.7. The molecule has 28 heavy (non-hydrogen) atoms. The van der Waals surface area contributed by atoms with Gasteiger partial charge in [-0.15, -0.1) is 0 Å². The summed E-state index contributed by atoms with van der Waals surface area (Å²) in [5.74, 6) is -0.213. The molecule has 1 unspecified atom stereocenters. The van der Waals surface area contributed by atoms with E-state index in [2.05, 4.69) is 16.0 Å². The van der Waals surface area contributed by atoms with E-state index in [1.807, 2.05) is 37.3 Å². The normalized spacial score (nSPS) is 11.4. The molecule has 0 aliphatic rings. The first-order chi connectivity index (χ1) is 13.5. The van der Waals surface area contributed by atoms with E-state index in [1.54, 1.807) is 48.5 Å². The molecule has 0 saturated heterocycles. The van der Waals surface area contributed by atoms with E-state index in [0.29, 0.717) is 22.0 Å². The molecule has 6 heteroatoms. The maximum Gasteiger partial charge on any atom is 0.323 e. The number of halogens is 1. The summed E-state index contributed by atoms with van der Waals surface area (Å²) in [6.07, 6.45) is 0. The third-order valence-electron chi connectivity index (χ3n) is 4.11. The number of carbonyl (C=O) groups excluding carboxylic acids is 2. The van der Waals surface area contributed by atoms with Gasteiger partial charge in [0.2, 0.25) is 0 Å². The van der Waals surface area contributed by atoms with Gasteiger partial charge in [-0.3, -0.25) is 4.79 Å². The first kappa shape index (κ1) is 19.5. The van der Waals surface area contributed by atoms with Crippen molar-refractivity contribution in [1.82, 2.24) is 5.32 Å². The SMILES string of the molecule is CC(NC(=O)c1cccc(NC(=O)Nc2cccc(Cl)c2)c1)c1ccccc1. The Bertz CT molecular complexity index is 976. The average Bonchev–Trinajstić information content (AvgIpc) is 2.68. The van der Waals surface area contributed by atoms with Gasteiger partial charge in [-0.1, -0.05) is 54.1 Å². The van der Waals surface area contributed by atoms with Gasteiger partial charge in [-0.25, -0.2) is 4.79 Å². The average molecular weight is 394 g/mol. The molecule has 0 aromatic heterocycles. The molecule has 3 aromatic rings. The van der Waals surface area contributed by atoms with Crippen LogP contribution in [-0.4, -0.2) is 11.9 Å². The lowest BCUT2D eigenvalue weighted by Crippen LogP contribution is -2.26. The summed E-state index contributed by atoms with van der Waals surface area (Å²) >= 11 is 5.91. The molecule has 142 valence electrons. The number of benzene rings is 3. The van der Waals surface area contributed by atoms with E-state index >= 15 is 0 Å². The molecule has 3 rings (SSSR count). The number of anilines is 2. The van der Waals surface area contributed by atoms with Gasteiger partial charge in [0.25, 0.3) is 5.91 Å². The van der Waals surface area contributed by atoms with Gasteiger partial charge in [-0.2, -0.15) is 0 Å². The zero-order valence-corrected chi connectivity index (χ0v) is 16.0. The molecule has 0 spiro atoms. The molecule has 0 aliphatic heterocycles. The molecule has 1 atom stereocenters. The van der Waals surface area contributed by atoms with Gasteiger partial charge in [0, 0.05) is 22.0 Å². The zero-order valence-electron chi connectivity index (χ0n) is 15.3. The third-order valence-corrected chi connectivity index (χ3v) is 4.35. The molecule has 0 saturated carbocycles. The quantitative estimate of drug-likeness (QED) is 0.537. The van der Waals surface area contributed by atoms with Crippen LogP contribution >= 0.6 is 11.6 Å². The van der Waals surface area contributed by atoms with Crippen LogP contribution in [0.5, 0.6) is 0 Å². The Kier molecular flexibility index (Phi) is 6.29. The molecule has 3 amide bonds. The fraction of sp³-hybridized carbons (Fsp3) is 0.0909. The Morgan fingerprint density at radius 2 is 1.46 bits per heavy atom. The Morgan fingerprint density at radius 3 is 2.14 bits per heavy atom. The largest absolute Gasteiger partial charge is 0.346 e. The molecule has 0 radical (unpaired) electrons. The van der Waals surface area contributed by atoms with Crippen molar-refractivity contribution in [3.63, 3.8) is 0 Å². The third kappa shape index (κ3) is 5.34. The van der Waals surface area contributed by atoms with Crippen LogP contribution in [0.15, 0.2) is 78.9 Å². The van der Waals surface area contributed by atoms with Crippen molar-refractivity contribution in [3.05, 3.63) is 95.0 Å². The minimum absolute atomic E-state index is 0.128. The van der Waals surface area contributed by atoms with Gasteiger partial charge < -0.3 is 16.0 Å². The number of hydrogen-bond acceptors (Lipinski definition) is 2. The molecular weight excluding hydrogens is 374 g/mol. The predicted octanol–water partition coefficient (Wildman–Crippen LogP) is 5.48. The van der Waals surface area contributed by atoms with Crippen molar-refractivity contribution >= 4 is 34.9 Å². The number of urea groups is 1. The van der Waals surface area contributed by atoms with E-state index in [-0.39, 0.29) is 11.9 Å². The Morgan fingerprint density at radius 1 is 0.821 bits per heavy atom. The minimum atomic E-state index is -0.419. The Labute approximate surface area is 168 Å². The highest BCUT2D eigenvalue weighted by Crippen LogP contribution is 2.17. The molecular formula is C22H20ClN3O2. The highest BCUT2D eigenvalue weighted by Gasteiger charge is 2.12. The van der Waals surface area contributed by atoms with E-state index in [9.17, 15) is 9.59 Å². The summed E-state index contributed by atoms with van der Waals surface area (Å²) in [5.41, 5.74) is 2.57. The second-order valence-corrected chi connectivity index (χ2v) is 6.71. The summed E-state index contributed by atoms with van der Waals surface area (Å²) < 4.78 is 0. The van der Waals surface area contributed by atoms with Crippen molar-refractivity contribution in [2.24, 2.45) is 0 Å². The Hall–Kier alpha value is -3.31. The molecule has 0 bridgehead atoms. The summed E-state index contributed by atoms with van der Waals surface area (Å²) in [7, 11) is 0. The predicted molar refractivity (Wildman–Crippen MR) is 113 cm³/mol. The van der Waals surface area contributed by atoms with Gasteiger partial charge in [0.05, 0.1) is 6.04 Å². The second-order valence-electron chi connectivity index (χ2n) is 6.28. The van der Waals surface area contributed by atoms with Crippen molar-refractivity contribution in [2.75, 3.05) is 10.6 Å². The van der Waals surface area contributed by atoms with Crippen LogP contribution in [0.2, 0.25) is 5.02 Å². The first-order valence-electron chi connectivity index (χ1n) is 8.81. The lowest BCUT2D eigenvalue weighted by molar-refractivity contribution is 0.0940. The monoisotopic (exact) mass is 393 g/mol. The molecule has 3 aromatic carbocycles. The summed E-state index contributed by atoms with van der Waals surface area (Å²) in [6, 6.07) is 22.8. The van der Waals surface area contributed by atoms with E-state index in [1.165, 1.54) is 0 Å². The maximum atomic E-state index is 12.5. The smallest absolute Gasteiger partial charge is 0.323 e. The van der Waals surface area contributed by atoms with Crippen LogP contribution < -0.4 is 16.0 Å². The van der Waals surface area contributed by atoms with E-state index < -0.39 is 6.03 Å². The van der Waals surface area contributed by atoms with Crippen LogP contribution in [0, 0.1) is 0 Å². The van der Waals surface area contributed by atoms with Crippen LogP contribution in [0.4, 0.5) is 16.2 Å². The summed E-state index contributed by atoms with van der Waals surface area (Å²) in [5, 5.41) is 8.90. The number of rotatable bonds is 5. The molecule has 0 aliphatic carbocycles. The van der Waals surface area contributed by atoms with Gasteiger partial charge in [-0.05, 0) is 48.9 Å². The fourth-order valence-electron chi connectivity index (χ4n) is 2.70. The van der Waals surface area contributed by atoms with E-state index in [0.717, 1.165) is 5.56 Å². The number of amides is 3. The van der Waals surface area contributed by atoms with Gasteiger partial charge in [0.15, 0.2) is 0 Å². The molecule has 5 nitrogen and oxygen atoms in total. The lowest BCUT2D eigenvalue weighted by Gasteiger charge is -2.15. The van der Waals surface area contributed by atoms with Crippen LogP contribution in [0.25, 0.3) is 0 Å². The number of hydrogen-bond donors (Lipinski definition) is 3. The molecule has 0 heterocycles. The van der Waals surface area contributed by atoms with Gasteiger partial charge in [0.1, 0.15) is 0 Å². The van der Waals surface area contributed by atoms with Crippen LogP contribution in [0.1, 0.15) is 28.9 Å². The zero-order chi connectivity index (χ0) is 19.9. The highest BCUT2D eigenvalue weighted by atomic mass is 35.5. The highest BCUT2D eigenvalue weighted by molar-refractivity contribution is 6.30. The van der Waals surface area contributed by atoms with Gasteiger partial charge >= 0.3 is 6.03 Å². The number of nitrogens with one attached hydrogen (secondary N) is 3. The summed E-state index contributed by atoms with van der Waals surface area (Å²) in [6.45, 7) is 1.92.